The zero-order valence-corrected chi connectivity index (χ0v) is 34.7. The molecule has 3 saturated heterocycles. The highest BCUT2D eigenvalue weighted by atomic mass is 16.8. The Morgan fingerprint density at radius 3 is 1.88 bits per heavy atom. The van der Waals surface area contributed by atoms with Crippen molar-refractivity contribution in [1.82, 2.24) is 0 Å². The van der Waals surface area contributed by atoms with Crippen molar-refractivity contribution in [3.63, 3.8) is 0 Å². The van der Waals surface area contributed by atoms with Gasteiger partial charge in [0.15, 0.2) is 12.6 Å². The molecule has 0 aromatic carbocycles. The van der Waals surface area contributed by atoms with E-state index in [2.05, 4.69) is 41.5 Å². The molecule has 0 amide bonds. The third kappa shape index (κ3) is 6.58. The van der Waals surface area contributed by atoms with Crippen molar-refractivity contribution < 1.29 is 69.6 Å². The smallest absolute Gasteiger partial charge is 0.187 e. The van der Waals surface area contributed by atoms with Crippen molar-refractivity contribution in [2.45, 2.75) is 204 Å². The van der Waals surface area contributed by atoms with Crippen LogP contribution < -0.4 is 0 Å². The monoisotopic (exact) mass is 800 g/mol. The molecule has 0 unspecified atom stereocenters. The van der Waals surface area contributed by atoms with Crippen LogP contribution in [0, 0.1) is 45.3 Å². The van der Waals surface area contributed by atoms with Crippen LogP contribution in [0.15, 0.2) is 0 Å². The van der Waals surface area contributed by atoms with Crippen molar-refractivity contribution >= 4 is 0 Å². The number of aliphatic hydroxyl groups is 9. The minimum absolute atomic E-state index is 0.00557. The van der Waals surface area contributed by atoms with Gasteiger partial charge in [-0.1, -0.05) is 34.6 Å². The van der Waals surface area contributed by atoms with E-state index in [-0.39, 0.29) is 40.3 Å². The van der Waals surface area contributed by atoms with Gasteiger partial charge in [0, 0.05) is 5.92 Å². The second-order valence-electron chi connectivity index (χ2n) is 21.1. The molecule has 4 aliphatic carbocycles. The van der Waals surface area contributed by atoms with Gasteiger partial charge in [-0.25, -0.2) is 0 Å². The van der Waals surface area contributed by atoms with Crippen molar-refractivity contribution in [3.05, 3.63) is 0 Å². The number of rotatable bonds is 8. The van der Waals surface area contributed by atoms with Crippen LogP contribution in [0.2, 0.25) is 0 Å². The first-order valence-corrected chi connectivity index (χ1v) is 21.3. The molecule has 14 heteroatoms. The van der Waals surface area contributed by atoms with E-state index in [0.29, 0.717) is 18.3 Å². The standard InChI is InChI=1S/C42H72O14/c1-37(2)24-11-15-40(6)25(10-9-20-28(21(45)17-41(20,40)7)42(8)16-13-27(56-42)38(3,4)51)39(24,5)14-12-26(37)54-36-34(32(49)30(47)23(19-44)53-36)55-35-33(50)31(48)29(46)22(18-43)52-35/h20-36,43-51H,9-19H2,1-8H3/t20-,21-,22-,23-,24+,25-,26+,27+,28-,29-,30-,31+,32+,33-,34-,35+,36+,39+,40-,41-,42+/m1/s1. The molecule has 7 aliphatic rings. The SMILES string of the molecule is CC(C)(O)[C@@H]1CC[C@@](C)([C@H]2[C@H](O)C[C@]3(C)[C@@H]2CC[C@@H]2[C@@]4(C)CC[C@H](O[C@@H]5O[C@H](CO)[C@@H](O)[C@H](O)[C@H]5O[C@@H]5O[C@H](CO)[C@@H](O)[C@H](O)[C@H]5O)C(C)(C)[C@@H]4CC[C@]23C)O1. The van der Waals surface area contributed by atoms with Gasteiger partial charge >= 0.3 is 0 Å². The van der Waals surface area contributed by atoms with E-state index in [1.807, 2.05) is 13.8 Å². The molecule has 0 bridgehead atoms. The van der Waals surface area contributed by atoms with Crippen LogP contribution in [0.5, 0.6) is 0 Å². The first-order chi connectivity index (χ1) is 26.0. The van der Waals surface area contributed by atoms with Gasteiger partial charge in [0.2, 0.25) is 0 Å². The predicted molar refractivity (Wildman–Crippen MR) is 200 cm³/mol. The molecule has 0 radical (unpaired) electrons. The Morgan fingerprint density at radius 2 is 1.27 bits per heavy atom. The van der Waals surface area contributed by atoms with Crippen LogP contribution in [-0.4, -0.2) is 150 Å². The highest BCUT2D eigenvalue weighted by Gasteiger charge is 2.72. The number of hydrogen-bond acceptors (Lipinski definition) is 14. The molecule has 9 N–H and O–H groups in total. The number of hydrogen-bond donors (Lipinski definition) is 9. The summed E-state index contributed by atoms with van der Waals surface area (Å²) in [6.07, 6.45) is -8.32. The fraction of sp³-hybridized carbons (Fsp3) is 1.00. The van der Waals surface area contributed by atoms with Gasteiger partial charge in [0.25, 0.3) is 0 Å². The lowest BCUT2D eigenvalue weighted by Gasteiger charge is -2.70. The fourth-order valence-electron chi connectivity index (χ4n) is 14.2. The minimum atomic E-state index is -1.75. The molecule has 7 rings (SSSR count). The zero-order chi connectivity index (χ0) is 41.1. The van der Waals surface area contributed by atoms with Crippen molar-refractivity contribution in [1.29, 1.82) is 0 Å². The quantitative estimate of drug-likeness (QED) is 0.158. The molecule has 3 aliphatic heterocycles. The Bertz CT molecular complexity index is 1410. The zero-order valence-electron chi connectivity index (χ0n) is 34.7. The average Bonchev–Trinajstić information content (AvgIpc) is 3.66. The molecule has 4 saturated carbocycles. The minimum Gasteiger partial charge on any atom is -0.394 e. The summed E-state index contributed by atoms with van der Waals surface area (Å²) in [5.74, 6) is 0.929. The molecule has 0 aromatic rings. The largest absolute Gasteiger partial charge is 0.394 e. The second kappa shape index (κ2) is 14.8. The van der Waals surface area contributed by atoms with Crippen LogP contribution in [0.4, 0.5) is 0 Å². The van der Waals surface area contributed by atoms with Crippen molar-refractivity contribution in [2.24, 2.45) is 45.3 Å². The number of aliphatic hydroxyl groups excluding tert-OH is 8. The molecule has 14 nitrogen and oxygen atoms in total. The highest BCUT2D eigenvalue weighted by molar-refractivity contribution is 5.20. The molecular formula is C42H72O14. The average molecular weight is 801 g/mol. The molecule has 324 valence electrons. The fourth-order valence-corrected chi connectivity index (χ4v) is 14.2. The Balaban J connectivity index is 1.11. The molecule has 7 fully saturated rings. The Hall–Kier alpha value is -0.560. The molecule has 0 spiro atoms. The summed E-state index contributed by atoms with van der Waals surface area (Å²) in [6, 6.07) is 0. The van der Waals surface area contributed by atoms with E-state index >= 15 is 0 Å². The van der Waals surface area contributed by atoms with E-state index in [4.69, 9.17) is 23.7 Å². The summed E-state index contributed by atoms with van der Waals surface area (Å²) < 4.78 is 31.1. The summed E-state index contributed by atoms with van der Waals surface area (Å²) in [5.41, 5.74) is -2.02. The Morgan fingerprint density at radius 1 is 0.643 bits per heavy atom. The highest BCUT2D eigenvalue weighted by Crippen LogP contribution is 2.76. The lowest BCUT2D eigenvalue weighted by Crippen LogP contribution is -2.66. The van der Waals surface area contributed by atoms with Crippen molar-refractivity contribution in [2.75, 3.05) is 13.2 Å². The molecular weight excluding hydrogens is 728 g/mol. The Labute approximate surface area is 331 Å². The predicted octanol–water partition coefficient (Wildman–Crippen LogP) is 1.36. The first kappa shape index (κ1) is 43.5. The molecule has 3 heterocycles. The van der Waals surface area contributed by atoms with Crippen LogP contribution in [-0.2, 0) is 23.7 Å². The summed E-state index contributed by atoms with van der Waals surface area (Å²) in [5, 5.41) is 96.2. The normalized spacial score (nSPS) is 56.0. The van der Waals surface area contributed by atoms with Gasteiger partial charge in [-0.05, 0) is 118 Å². The lowest BCUT2D eigenvalue weighted by molar-refractivity contribution is -0.378. The van der Waals surface area contributed by atoms with E-state index in [1.165, 1.54) is 0 Å². The molecule has 0 aromatic heterocycles. The Kier molecular flexibility index (Phi) is 11.5. The van der Waals surface area contributed by atoms with Gasteiger partial charge in [-0.15, -0.1) is 0 Å². The van der Waals surface area contributed by atoms with E-state index < -0.39 is 97.3 Å². The van der Waals surface area contributed by atoms with Gasteiger partial charge in [0.1, 0.15) is 48.8 Å². The van der Waals surface area contributed by atoms with Gasteiger partial charge in [-0.2, -0.15) is 0 Å². The van der Waals surface area contributed by atoms with Crippen LogP contribution in [0.1, 0.15) is 113 Å². The third-order valence-electron chi connectivity index (χ3n) is 17.4. The van der Waals surface area contributed by atoms with Crippen LogP contribution >= 0.6 is 0 Å². The van der Waals surface area contributed by atoms with Gasteiger partial charge in [-0.3, -0.25) is 0 Å². The van der Waals surface area contributed by atoms with Crippen molar-refractivity contribution in [3.8, 4) is 0 Å². The van der Waals surface area contributed by atoms with E-state index in [0.717, 1.165) is 51.4 Å². The number of ether oxygens (including phenoxy) is 5. The summed E-state index contributed by atoms with van der Waals surface area (Å²) in [7, 11) is 0. The number of fused-ring (bicyclic) bond motifs is 5. The van der Waals surface area contributed by atoms with Gasteiger partial charge < -0.3 is 69.6 Å². The lowest BCUT2D eigenvalue weighted by atomic mass is 9.35. The second-order valence-corrected chi connectivity index (χ2v) is 21.1. The maximum atomic E-state index is 11.9. The summed E-state index contributed by atoms with van der Waals surface area (Å²) in [6.45, 7) is 16.3. The summed E-state index contributed by atoms with van der Waals surface area (Å²) >= 11 is 0. The maximum absolute atomic E-state index is 11.9. The van der Waals surface area contributed by atoms with Gasteiger partial charge in [0.05, 0.1) is 42.7 Å². The van der Waals surface area contributed by atoms with Crippen LogP contribution in [0.25, 0.3) is 0 Å². The van der Waals surface area contributed by atoms with Crippen LogP contribution in [0.3, 0.4) is 0 Å². The maximum Gasteiger partial charge on any atom is 0.187 e. The third-order valence-corrected chi connectivity index (χ3v) is 17.4. The summed E-state index contributed by atoms with van der Waals surface area (Å²) in [4.78, 5) is 0. The molecule has 56 heavy (non-hydrogen) atoms. The van der Waals surface area contributed by atoms with E-state index in [1.54, 1.807) is 0 Å². The topological polar surface area (TPSA) is 228 Å². The van der Waals surface area contributed by atoms with E-state index in [9.17, 15) is 46.0 Å². The molecule has 21 atom stereocenters. The first-order valence-electron chi connectivity index (χ1n) is 21.3.